The summed E-state index contributed by atoms with van der Waals surface area (Å²) in [6.07, 6.45) is 0.843. The number of carbonyl (C=O) groups is 2. The summed E-state index contributed by atoms with van der Waals surface area (Å²) in [5, 5.41) is 14.4. The van der Waals surface area contributed by atoms with Gasteiger partial charge >= 0.3 is 0 Å². The van der Waals surface area contributed by atoms with Gasteiger partial charge in [0.15, 0.2) is 0 Å². The van der Waals surface area contributed by atoms with Crippen LogP contribution >= 0.6 is 0 Å². The Kier molecular flexibility index (Phi) is 2.87. The molecular formula is C8H14N2O3. The predicted octanol–water partition coefficient (Wildman–Crippen LogP) is -1.24. The van der Waals surface area contributed by atoms with E-state index >= 15 is 0 Å². The minimum atomic E-state index is -0.653. The van der Waals surface area contributed by atoms with E-state index in [1.807, 2.05) is 0 Å². The van der Waals surface area contributed by atoms with Crippen molar-refractivity contribution in [1.82, 2.24) is 10.6 Å². The third-order valence-corrected chi connectivity index (χ3v) is 2.20. The first-order valence-corrected chi connectivity index (χ1v) is 4.24. The first-order chi connectivity index (χ1) is 6.08. The SMILES string of the molecule is CC(=O)NC1(CO)CCC(=O)NC1. The molecule has 1 rings (SSSR count). The number of amides is 2. The monoisotopic (exact) mass is 186 g/mol. The Morgan fingerprint density at radius 1 is 1.77 bits per heavy atom. The van der Waals surface area contributed by atoms with Crippen molar-refractivity contribution in [2.24, 2.45) is 0 Å². The van der Waals surface area contributed by atoms with Gasteiger partial charge in [0, 0.05) is 19.9 Å². The number of aliphatic hydroxyl groups excluding tert-OH is 1. The van der Waals surface area contributed by atoms with Crippen molar-refractivity contribution in [1.29, 1.82) is 0 Å². The van der Waals surface area contributed by atoms with Crippen molar-refractivity contribution < 1.29 is 14.7 Å². The molecule has 0 aromatic rings. The van der Waals surface area contributed by atoms with Crippen LogP contribution in [0.1, 0.15) is 19.8 Å². The van der Waals surface area contributed by atoms with Gasteiger partial charge in [-0.3, -0.25) is 9.59 Å². The Morgan fingerprint density at radius 3 is 2.85 bits per heavy atom. The highest BCUT2D eigenvalue weighted by Gasteiger charge is 2.34. The van der Waals surface area contributed by atoms with Crippen LogP contribution in [0.3, 0.4) is 0 Å². The van der Waals surface area contributed by atoms with Crippen LogP contribution in [0, 0.1) is 0 Å². The lowest BCUT2D eigenvalue weighted by Crippen LogP contribution is -2.60. The van der Waals surface area contributed by atoms with Crippen molar-refractivity contribution >= 4 is 11.8 Å². The summed E-state index contributed by atoms with van der Waals surface area (Å²) in [4.78, 5) is 21.7. The molecule has 0 saturated carbocycles. The molecule has 5 nitrogen and oxygen atoms in total. The van der Waals surface area contributed by atoms with Gasteiger partial charge in [0.2, 0.25) is 11.8 Å². The quantitative estimate of drug-likeness (QED) is 0.505. The number of hydrogen-bond donors (Lipinski definition) is 3. The summed E-state index contributed by atoms with van der Waals surface area (Å²) >= 11 is 0. The van der Waals surface area contributed by atoms with E-state index in [4.69, 9.17) is 5.11 Å². The van der Waals surface area contributed by atoms with Crippen molar-refractivity contribution in [2.75, 3.05) is 13.2 Å². The molecule has 0 bridgehead atoms. The second kappa shape index (κ2) is 3.74. The molecule has 3 N–H and O–H groups in total. The van der Waals surface area contributed by atoms with E-state index in [0.29, 0.717) is 19.4 Å². The van der Waals surface area contributed by atoms with E-state index in [9.17, 15) is 9.59 Å². The predicted molar refractivity (Wildman–Crippen MR) is 45.9 cm³/mol. The Bertz CT molecular complexity index is 217. The van der Waals surface area contributed by atoms with E-state index in [1.165, 1.54) is 6.92 Å². The fourth-order valence-electron chi connectivity index (χ4n) is 1.45. The first-order valence-electron chi connectivity index (χ1n) is 4.24. The van der Waals surface area contributed by atoms with Gasteiger partial charge in [-0.05, 0) is 6.42 Å². The number of carbonyl (C=O) groups excluding carboxylic acids is 2. The van der Waals surface area contributed by atoms with Gasteiger partial charge in [-0.1, -0.05) is 0 Å². The molecule has 0 aromatic carbocycles. The molecule has 0 aliphatic carbocycles. The highest BCUT2D eigenvalue weighted by Crippen LogP contribution is 2.15. The van der Waals surface area contributed by atoms with E-state index in [2.05, 4.69) is 10.6 Å². The largest absolute Gasteiger partial charge is 0.394 e. The van der Waals surface area contributed by atoms with Crippen molar-refractivity contribution in [3.05, 3.63) is 0 Å². The third kappa shape index (κ3) is 2.42. The maximum atomic E-state index is 10.8. The van der Waals surface area contributed by atoms with Gasteiger partial charge in [0.25, 0.3) is 0 Å². The maximum absolute atomic E-state index is 10.8. The summed E-state index contributed by atoms with van der Waals surface area (Å²) in [6.45, 7) is 1.56. The fourth-order valence-corrected chi connectivity index (χ4v) is 1.45. The highest BCUT2D eigenvalue weighted by atomic mass is 16.3. The minimum Gasteiger partial charge on any atom is -0.394 e. The lowest BCUT2D eigenvalue weighted by Gasteiger charge is -2.35. The summed E-state index contributed by atoms with van der Waals surface area (Å²) in [7, 11) is 0. The molecule has 0 spiro atoms. The third-order valence-electron chi connectivity index (χ3n) is 2.20. The molecule has 1 atom stereocenters. The first kappa shape index (κ1) is 9.98. The molecule has 0 radical (unpaired) electrons. The van der Waals surface area contributed by atoms with Crippen LogP contribution in [0.4, 0.5) is 0 Å². The van der Waals surface area contributed by atoms with Crippen LogP contribution in [0.5, 0.6) is 0 Å². The second-order valence-corrected chi connectivity index (χ2v) is 3.40. The fraction of sp³-hybridized carbons (Fsp3) is 0.750. The van der Waals surface area contributed by atoms with Crippen LogP contribution in [-0.2, 0) is 9.59 Å². The van der Waals surface area contributed by atoms with Crippen LogP contribution in [0.15, 0.2) is 0 Å². The molecule has 74 valence electrons. The zero-order chi connectivity index (χ0) is 9.90. The number of nitrogens with one attached hydrogen (secondary N) is 2. The van der Waals surface area contributed by atoms with Gasteiger partial charge < -0.3 is 15.7 Å². The summed E-state index contributed by atoms with van der Waals surface area (Å²) in [6, 6.07) is 0. The van der Waals surface area contributed by atoms with E-state index in [0.717, 1.165) is 0 Å². The van der Waals surface area contributed by atoms with Crippen LogP contribution < -0.4 is 10.6 Å². The Hall–Kier alpha value is -1.10. The molecule has 1 fully saturated rings. The molecule has 1 heterocycles. The molecule has 0 aromatic heterocycles. The Labute approximate surface area is 76.5 Å². The molecule has 1 unspecified atom stereocenters. The van der Waals surface area contributed by atoms with Crippen molar-refractivity contribution in [3.8, 4) is 0 Å². The number of rotatable bonds is 2. The van der Waals surface area contributed by atoms with Gasteiger partial charge in [-0.15, -0.1) is 0 Å². The van der Waals surface area contributed by atoms with E-state index < -0.39 is 5.54 Å². The number of piperidine rings is 1. The minimum absolute atomic E-state index is 0.0329. The van der Waals surface area contributed by atoms with Crippen molar-refractivity contribution in [2.45, 2.75) is 25.3 Å². The standard InChI is InChI=1S/C8H14N2O3/c1-6(12)10-8(5-11)3-2-7(13)9-4-8/h11H,2-5H2,1H3,(H,9,13)(H,10,12). The normalized spacial score (nSPS) is 28.0. The molecule has 1 aliphatic rings. The van der Waals surface area contributed by atoms with Crippen LogP contribution in [0.25, 0.3) is 0 Å². The van der Waals surface area contributed by atoms with Gasteiger partial charge in [-0.2, -0.15) is 0 Å². The van der Waals surface area contributed by atoms with Gasteiger partial charge in [0.05, 0.1) is 12.1 Å². The maximum Gasteiger partial charge on any atom is 0.220 e. The zero-order valence-electron chi connectivity index (χ0n) is 7.59. The highest BCUT2D eigenvalue weighted by molar-refractivity contribution is 5.78. The molecular weight excluding hydrogens is 172 g/mol. The van der Waals surface area contributed by atoms with Crippen LogP contribution in [-0.4, -0.2) is 35.6 Å². The van der Waals surface area contributed by atoms with Gasteiger partial charge in [0.1, 0.15) is 0 Å². The molecule has 13 heavy (non-hydrogen) atoms. The van der Waals surface area contributed by atoms with Gasteiger partial charge in [-0.25, -0.2) is 0 Å². The smallest absolute Gasteiger partial charge is 0.220 e. The zero-order valence-corrected chi connectivity index (χ0v) is 7.59. The van der Waals surface area contributed by atoms with Crippen LogP contribution in [0.2, 0.25) is 0 Å². The van der Waals surface area contributed by atoms with Crippen molar-refractivity contribution in [3.63, 3.8) is 0 Å². The number of hydrogen-bond acceptors (Lipinski definition) is 3. The average Bonchev–Trinajstić information content (AvgIpc) is 2.09. The lowest BCUT2D eigenvalue weighted by molar-refractivity contribution is -0.127. The summed E-state index contributed by atoms with van der Waals surface area (Å²) < 4.78 is 0. The summed E-state index contributed by atoms with van der Waals surface area (Å²) in [5.74, 6) is -0.223. The Morgan fingerprint density at radius 2 is 2.46 bits per heavy atom. The van der Waals surface area contributed by atoms with E-state index in [-0.39, 0.29) is 18.4 Å². The van der Waals surface area contributed by atoms with E-state index in [1.54, 1.807) is 0 Å². The summed E-state index contributed by atoms with van der Waals surface area (Å²) in [5.41, 5.74) is -0.653. The second-order valence-electron chi connectivity index (χ2n) is 3.40. The molecule has 5 heteroatoms. The Balaban J connectivity index is 2.60. The number of aliphatic hydroxyl groups is 1. The molecule has 2 amide bonds. The average molecular weight is 186 g/mol. The topological polar surface area (TPSA) is 78.4 Å². The lowest BCUT2D eigenvalue weighted by atomic mass is 9.90. The molecule has 1 saturated heterocycles. The molecule has 1 aliphatic heterocycles.